The summed E-state index contributed by atoms with van der Waals surface area (Å²) >= 11 is 3.52. The molecule has 1 N–H and O–H groups in total. The van der Waals surface area contributed by atoms with Crippen molar-refractivity contribution in [2.75, 3.05) is 14.2 Å². The first-order valence-electron chi connectivity index (χ1n) is 6.80. The van der Waals surface area contributed by atoms with Gasteiger partial charge in [0.05, 0.1) is 14.2 Å². The molecule has 3 nitrogen and oxygen atoms in total. The fraction of sp³-hybridized carbons (Fsp3) is 0.294. The number of halogens is 1. The van der Waals surface area contributed by atoms with Crippen LogP contribution in [0.25, 0.3) is 0 Å². The maximum atomic E-state index is 5.31. The van der Waals surface area contributed by atoms with E-state index in [0.717, 1.165) is 29.1 Å². The molecule has 112 valence electrons. The fourth-order valence-electron chi connectivity index (χ4n) is 2.16. The molecule has 0 saturated heterocycles. The molecule has 0 radical (unpaired) electrons. The average molecular weight is 350 g/mol. The first-order chi connectivity index (χ1) is 10.1. The molecule has 21 heavy (non-hydrogen) atoms. The summed E-state index contributed by atoms with van der Waals surface area (Å²) in [4.78, 5) is 0. The summed E-state index contributed by atoms with van der Waals surface area (Å²) in [5.41, 5.74) is 3.69. The molecule has 0 saturated carbocycles. The van der Waals surface area contributed by atoms with Crippen molar-refractivity contribution in [3.63, 3.8) is 0 Å². The van der Waals surface area contributed by atoms with E-state index in [0.29, 0.717) is 0 Å². The monoisotopic (exact) mass is 349 g/mol. The van der Waals surface area contributed by atoms with Crippen LogP contribution in [-0.2, 0) is 13.1 Å². The number of nitrogens with one attached hydrogen (secondary N) is 1. The first kappa shape index (κ1) is 15.9. The third-order valence-electron chi connectivity index (χ3n) is 3.33. The van der Waals surface area contributed by atoms with Crippen molar-refractivity contribution < 1.29 is 9.47 Å². The van der Waals surface area contributed by atoms with Gasteiger partial charge in [0, 0.05) is 17.6 Å². The molecule has 4 heteroatoms. The Kier molecular flexibility index (Phi) is 5.65. The Morgan fingerprint density at radius 1 is 0.905 bits per heavy atom. The summed E-state index contributed by atoms with van der Waals surface area (Å²) in [6.45, 7) is 3.72. The van der Waals surface area contributed by atoms with E-state index in [4.69, 9.17) is 9.47 Å². The molecule has 0 fully saturated rings. The number of hydrogen-bond donors (Lipinski definition) is 1. The van der Waals surface area contributed by atoms with E-state index in [1.54, 1.807) is 14.2 Å². The van der Waals surface area contributed by atoms with Gasteiger partial charge in [0.1, 0.15) is 0 Å². The van der Waals surface area contributed by atoms with Gasteiger partial charge < -0.3 is 14.8 Å². The zero-order valence-electron chi connectivity index (χ0n) is 12.6. The molecule has 0 aliphatic rings. The minimum atomic E-state index is 0.754. The van der Waals surface area contributed by atoms with Crippen LogP contribution in [0.15, 0.2) is 40.9 Å². The van der Waals surface area contributed by atoms with Crippen LogP contribution in [0.1, 0.15) is 16.7 Å². The maximum absolute atomic E-state index is 5.31. The van der Waals surface area contributed by atoms with Gasteiger partial charge >= 0.3 is 0 Å². The van der Waals surface area contributed by atoms with Gasteiger partial charge in [0.15, 0.2) is 11.5 Å². The lowest BCUT2D eigenvalue weighted by Gasteiger charge is -2.11. The highest BCUT2D eigenvalue weighted by Gasteiger charge is 2.04. The summed E-state index contributed by atoms with van der Waals surface area (Å²) in [6.07, 6.45) is 0. The van der Waals surface area contributed by atoms with E-state index in [2.05, 4.69) is 46.4 Å². The number of hydrogen-bond acceptors (Lipinski definition) is 3. The van der Waals surface area contributed by atoms with Gasteiger partial charge in [-0.25, -0.2) is 0 Å². The molecule has 0 amide bonds. The lowest BCUT2D eigenvalue weighted by Crippen LogP contribution is -2.12. The van der Waals surface area contributed by atoms with Crippen LogP contribution in [0, 0.1) is 6.92 Å². The second kappa shape index (κ2) is 7.48. The number of rotatable bonds is 6. The molecular weight excluding hydrogens is 330 g/mol. The van der Waals surface area contributed by atoms with Crippen LogP contribution in [0.3, 0.4) is 0 Å². The molecule has 2 aromatic carbocycles. The Hall–Kier alpha value is -1.52. The highest BCUT2D eigenvalue weighted by molar-refractivity contribution is 9.10. The Morgan fingerprint density at radius 2 is 1.52 bits per heavy atom. The van der Waals surface area contributed by atoms with Gasteiger partial charge in [0.2, 0.25) is 0 Å². The predicted octanol–water partition coefficient (Wildman–Crippen LogP) is 4.06. The lowest BCUT2D eigenvalue weighted by atomic mass is 10.1. The van der Waals surface area contributed by atoms with E-state index >= 15 is 0 Å². The van der Waals surface area contributed by atoms with Crippen LogP contribution >= 0.6 is 15.9 Å². The van der Waals surface area contributed by atoms with Crippen molar-refractivity contribution >= 4 is 15.9 Å². The van der Waals surface area contributed by atoms with E-state index < -0.39 is 0 Å². The summed E-state index contributed by atoms with van der Waals surface area (Å²) in [6, 6.07) is 12.4. The molecule has 0 aliphatic heterocycles. The van der Waals surface area contributed by atoms with Crippen molar-refractivity contribution in [1.82, 2.24) is 5.32 Å². The molecule has 0 atom stereocenters. The third-order valence-corrected chi connectivity index (χ3v) is 4.22. The van der Waals surface area contributed by atoms with Crippen LogP contribution in [0.4, 0.5) is 0 Å². The normalized spacial score (nSPS) is 10.5. The van der Waals surface area contributed by atoms with Crippen molar-refractivity contribution in [3.05, 3.63) is 57.6 Å². The third kappa shape index (κ3) is 4.22. The second-order valence-corrected chi connectivity index (χ2v) is 5.73. The van der Waals surface area contributed by atoms with Gasteiger partial charge in [-0.1, -0.05) is 34.1 Å². The number of aryl methyl sites for hydroxylation is 1. The van der Waals surface area contributed by atoms with Crippen molar-refractivity contribution in [2.24, 2.45) is 0 Å². The van der Waals surface area contributed by atoms with Crippen molar-refractivity contribution in [2.45, 2.75) is 20.0 Å². The lowest BCUT2D eigenvalue weighted by molar-refractivity contribution is 0.354. The van der Waals surface area contributed by atoms with Crippen molar-refractivity contribution in [3.8, 4) is 11.5 Å². The van der Waals surface area contributed by atoms with Gasteiger partial charge in [-0.3, -0.25) is 0 Å². The Balaban J connectivity index is 1.95. The van der Waals surface area contributed by atoms with Gasteiger partial charge in [0.25, 0.3) is 0 Å². The number of methoxy groups -OCH3 is 2. The Morgan fingerprint density at radius 3 is 2.14 bits per heavy atom. The fourth-order valence-corrected chi connectivity index (χ4v) is 2.41. The molecule has 0 heterocycles. The van der Waals surface area contributed by atoms with Crippen LogP contribution in [0.2, 0.25) is 0 Å². The van der Waals surface area contributed by atoms with Crippen LogP contribution in [0.5, 0.6) is 11.5 Å². The number of ether oxygens (including phenoxy) is 2. The highest BCUT2D eigenvalue weighted by Crippen LogP contribution is 2.27. The quantitative estimate of drug-likeness (QED) is 0.852. The van der Waals surface area contributed by atoms with E-state index in [1.165, 1.54) is 16.7 Å². The van der Waals surface area contributed by atoms with E-state index in [1.807, 2.05) is 18.2 Å². The second-order valence-electron chi connectivity index (χ2n) is 4.88. The minimum absolute atomic E-state index is 0.754. The predicted molar refractivity (Wildman–Crippen MR) is 89.0 cm³/mol. The summed E-state index contributed by atoms with van der Waals surface area (Å²) in [5.74, 6) is 1.51. The summed E-state index contributed by atoms with van der Waals surface area (Å²) in [7, 11) is 3.30. The maximum Gasteiger partial charge on any atom is 0.161 e. The molecule has 0 bridgehead atoms. The summed E-state index contributed by atoms with van der Waals surface area (Å²) < 4.78 is 11.7. The average Bonchev–Trinajstić information content (AvgIpc) is 2.50. The Labute approximate surface area is 134 Å². The zero-order valence-corrected chi connectivity index (χ0v) is 14.2. The van der Waals surface area contributed by atoms with E-state index in [-0.39, 0.29) is 0 Å². The molecule has 0 aromatic heterocycles. The van der Waals surface area contributed by atoms with Crippen LogP contribution in [-0.4, -0.2) is 14.2 Å². The molecular formula is C17H20BrNO2. The molecule has 0 aliphatic carbocycles. The topological polar surface area (TPSA) is 30.5 Å². The summed E-state index contributed by atoms with van der Waals surface area (Å²) in [5, 5.41) is 3.44. The highest BCUT2D eigenvalue weighted by atomic mass is 79.9. The van der Waals surface area contributed by atoms with Crippen molar-refractivity contribution in [1.29, 1.82) is 0 Å². The minimum Gasteiger partial charge on any atom is -0.493 e. The van der Waals surface area contributed by atoms with Gasteiger partial charge in [-0.2, -0.15) is 0 Å². The number of benzene rings is 2. The molecule has 2 rings (SSSR count). The molecule has 0 spiro atoms. The standard InChI is InChI=1S/C17H20BrNO2/c1-12-8-13(4-6-15(12)18)10-19-11-14-5-7-16(20-2)17(9-14)21-3/h4-9,19H,10-11H2,1-3H3. The largest absolute Gasteiger partial charge is 0.493 e. The van der Waals surface area contributed by atoms with Crippen LogP contribution < -0.4 is 14.8 Å². The smallest absolute Gasteiger partial charge is 0.161 e. The SMILES string of the molecule is COc1ccc(CNCc2ccc(Br)c(C)c2)cc1OC. The van der Waals surface area contributed by atoms with E-state index in [9.17, 15) is 0 Å². The van der Waals surface area contributed by atoms with Gasteiger partial charge in [-0.15, -0.1) is 0 Å². The van der Waals surface area contributed by atoms with Gasteiger partial charge in [-0.05, 0) is 41.8 Å². The molecule has 2 aromatic rings. The zero-order chi connectivity index (χ0) is 15.2. The first-order valence-corrected chi connectivity index (χ1v) is 7.60. The Bertz CT molecular complexity index is 614. The molecule has 0 unspecified atom stereocenters.